The van der Waals surface area contributed by atoms with E-state index in [2.05, 4.69) is 72.6 Å². The van der Waals surface area contributed by atoms with Crippen LogP contribution in [0.1, 0.15) is 146 Å². The number of ketones is 1. The first-order chi connectivity index (χ1) is 24.9. The molecule has 0 unspecified atom stereocenters. The molecular formula is C45H67ClN2O6. The minimum Gasteiger partial charge on any atom is -0.481 e. The molecule has 6 rings (SSSR count). The fourth-order valence-corrected chi connectivity index (χ4v) is 13.4. The molecule has 0 aliphatic heterocycles. The van der Waals surface area contributed by atoms with Crippen LogP contribution in [0.3, 0.4) is 0 Å². The van der Waals surface area contributed by atoms with E-state index in [4.69, 9.17) is 16.3 Å². The van der Waals surface area contributed by atoms with E-state index in [9.17, 15) is 24.6 Å². The van der Waals surface area contributed by atoms with Crippen LogP contribution in [0.5, 0.6) is 0 Å². The van der Waals surface area contributed by atoms with Crippen LogP contribution in [-0.2, 0) is 24.7 Å². The Balaban J connectivity index is 1.27. The molecule has 0 aromatic carbocycles. The van der Waals surface area contributed by atoms with Gasteiger partial charge < -0.3 is 20.3 Å². The number of aliphatic hydroxyl groups is 1. The molecule has 0 bridgehead atoms. The molecule has 1 aromatic rings. The number of halogens is 1. The van der Waals surface area contributed by atoms with E-state index in [0.29, 0.717) is 29.8 Å². The lowest BCUT2D eigenvalue weighted by atomic mass is 9.33. The first kappa shape index (κ1) is 41.3. The Morgan fingerprint density at radius 3 is 2.26 bits per heavy atom. The van der Waals surface area contributed by atoms with E-state index >= 15 is 0 Å². The van der Waals surface area contributed by atoms with Crippen LogP contribution >= 0.6 is 11.6 Å². The molecule has 54 heavy (non-hydrogen) atoms. The maximum atomic E-state index is 14.1. The summed E-state index contributed by atoms with van der Waals surface area (Å²) in [5.74, 6) is -0.0675. The minimum atomic E-state index is -1.17. The monoisotopic (exact) mass is 766 g/mol. The fourth-order valence-electron chi connectivity index (χ4n) is 13.3. The van der Waals surface area contributed by atoms with Crippen LogP contribution in [0.15, 0.2) is 29.5 Å². The Hall–Kier alpha value is -2.29. The number of nitrogens with zero attached hydrogens (tertiary/aromatic N) is 1. The van der Waals surface area contributed by atoms with Crippen molar-refractivity contribution in [2.45, 2.75) is 158 Å². The summed E-state index contributed by atoms with van der Waals surface area (Å²) < 4.78 is 6.17. The number of hydrogen-bond acceptors (Lipinski definition) is 7. The standard InChI is InChI=1S/C45H67ClN2O6/c1-26(2)36-29(49)22-45(33(50)25-48-41(7,8)32-15-12-27(46)24-47-32)21-20-43(10)28(37(36)45)13-14-31-42(9)18-17-34(54-35(51)23-39(3,4)38(52)53)40(5,6)30(42)16-19-44(31,43)11/h12,15,24,26,28,30-31,33-34,48,50H,13-14,16-23,25H2,1-11H3,(H,52,53)/t28-,30-,31-,33+,34+,42+,43-,44-,45+/m1/s1. The van der Waals surface area contributed by atoms with Crippen LogP contribution in [0, 0.1) is 56.2 Å². The highest BCUT2D eigenvalue weighted by Gasteiger charge is 2.70. The number of rotatable bonds is 10. The minimum absolute atomic E-state index is 0.0323. The number of ether oxygens (including phenoxy) is 1. The molecule has 0 amide bonds. The van der Waals surface area contributed by atoms with E-state index < -0.39 is 34.4 Å². The molecular weight excluding hydrogens is 700 g/mol. The maximum Gasteiger partial charge on any atom is 0.309 e. The average molecular weight is 767 g/mol. The molecule has 4 saturated carbocycles. The lowest BCUT2D eigenvalue weighted by Crippen LogP contribution is -2.66. The zero-order valence-corrected chi connectivity index (χ0v) is 35.6. The van der Waals surface area contributed by atoms with Crippen LogP contribution in [0.4, 0.5) is 0 Å². The summed E-state index contributed by atoms with van der Waals surface area (Å²) in [7, 11) is 0. The summed E-state index contributed by atoms with van der Waals surface area (Å²) in [5.41, 5.74) is 0.618. The smallest absolute Gasteiger partial charge is 0.309 e. The molecule has 8 nitrogen and oxygen atoms in total. The maximum absolute atomic E-state index is 14.1. The van der Waals surface area contributed by atoms with Crippen molar-refractivity contribution in [1.82, 2.24) is 10.3 Å². The summed E-state index contributed by atoms with van der Waals surface area (Å²) in [5, 5.41) is 26.2. The van der Waals surface area contributed by atoms with Gasteiger partial charge in [0.2, 0.25) is 0 Å². The molecule has 0 saturated heterocycles. The molecule has 1 heterocycles. The summed E-state index contributed by atoms with van der Waals surface area (Å²) in [6, 6.07) is 3.76. The lowest BCUT2D eigenvalue weighted by molar-refractivity contribution is -0.235. The zero-order valence-electron chi connectivity index (χ0n) is 34.8. The third-order valence-corrected chi connectivity index (χ3v) is 16.8. The number of carbonyl (C=O) groups is 3. The second-order valence-corrected chi connectivity index (χ2v) is 21.4. The Bertz CT molecular complexity index is 1700. The number of esters is 1. The van der Waals surface area contributed by atoms with Crippen molar-refractivity contribution in [2.75, 3.05) is 6.54 Å². The third kappa shape index (κ3) is 6.31. The number of carboxylic acids is 1. The number of nitrogens with one attached hydrogen (secondary N) is 1. The van der Waals surface area contributed by atoms with Gasteiger partial charge in [0, 0.05) is 30.0 Å². The van der Waals surface area contributed by atoms with Crippen LogP contribution in [0.2, 0.25) is 5.02 Å². The first-order valence-corrected chi connectivity index (χ1v) is 21.0. The van der Waals surface area contributed by atoms with E-state index in [-0.39, 0.29) is 51.8 Å². The summed E-state index contributed by atoms with van der Waals surface area (Å²) in [4.78, 5) is 43.6. The molecule has 3 N–H and O–H groups in total. The van der Waals surface area contributed by atoms with Crippen molar-refractivity contribution in [3.63, 3.8) is 0 Å². The molecule has 9 heteroatoms. The van der Waals surface area contributed by atoms with Crippen molar-refractivity contribution in [3.05, 3.63) is 40.2 Å². The van der Waals surface area contributed by atoms with Gasteiger partial charge in [-0.15, -0.1) is 0 Å². The Morgan fingerprint density at radius 1 is 0.963 bits per heavy atom. The molecule has 0 radical (unpaired) electrons. The van der Waals surface area contributed by atoms with E-state index in [1.807, 2.05) is 12.1 Å². The topological polar surface area (TPSA) is 126 Å². The number of carboxylic acid groups (broad SMARTS) is 1. The van der Waals surface area contributed by atoms with Crippen molar-refractivity contribution < 1.29 is 29.3 Å². The number of aliphatic carboxylic acids is 1. The average Bonchev–Trinajstić information content (AvgIpc) is 3.38. The molecule has 5 aliphatic carbocycles. The Kier molecular flexibility index (Phi) is 10.5. The van der Waals surface area contributed by atoms with Gasteiger partial charge in [-0.1, -0.05) is 65.6 Å². The zero-order chi connectivity index (χ0) is 40.0. The molecule has 0 spiro atoms. The van der Waals surface area contributed by atoms with Gasteiger partial charge in [0.1, 0.15) is 6.10 Å². The van der Waals surface area contributed by atoms with Crippen LogP contribution < -0.4 is 5.32 Å². The highest BCUT2D eigenvalue weighted by Crippen LogP contribution is 2.77. The summed E-state index contributed by atoms with van der Waals surface area (Å²) in [6.45, 7) is 24.1. The number of pyridine rings is 1. The van der Waals surface area contributed by atoms with Gasteiger partial charge in [-0.3, -0.25) is 19.4 Å². The van der Waals surface area contributed by atoms with Crippen molar-refractivity contribution in [3.8, 4) is 0 Å². The molecule has 9 atom stereocenters. The quantitative estimate of drug-likeness (QED) is 0.201. The van der Waals surface area contributed by atoms with Gasteiger partial charge in [0.05, 0.1) is 34.2 Å². The predicted octanol–water partition coefficient (Wildman–Crippen LogP) is 9.31. The van der Waals surface area contributed by atoms with Crippen LogP contribution in [0.25, 0.3) is 0 Å². The second-order valence-electron chi connectivity index (χ2n) is 20.9. The van der Waals surface area contributed by atoms with E-state index in [1.54, 1.807) is 20.0 Å². The Morgan fingerprint density at radius 2 is 1.65 bits per heavy atom. The van der Waals surface area contributed by atoms with Gasteiger partial charge in [-0.25, -0.2) is 0 Å². The van der Waals surface area contributed by atoms with Gasteiger partial charge in [-0.05, 0) is 137 Å². The number of Topliss-reactive ketones (excluding diaryl/α,β-unsaturated/α-hetero) is 1. The third-order valence-electron chi connectivity index (χ3n) is 16.6. The largest absolute Gasteiger partial charge is 0.481 e. The summed E-state index contributed by atoms with van der Waals surface area (Å²) >= 11 is 6.13. The fraction of sp³-hybridized carbons (Fsp3) is 0.778. The highest BCUT2D eigenvalue weighted by molar-refractivity contribution is 6.30. The van der Waals surface area contributed by atoms with Gasteiger partial charge in [-0.2, -0.15) is 0 Å². The van der Waals surface area contributed by atoms with Gasteiger partial charge in [0.15, 0.2) is 5.78 Å². The normalized spacial score (nSPS) is 36.9. The van der Waals surface area contributed by atoms with E-state index in [0.717, 1.165) is 62.6 Å². The number of fused-ring (bicyclic) bond motifs is 7. The van der Waals surface area contributed by atoms with Crippen molar-refractivity contribution in [2.24, 2.45) is 56.2 Å². The van der Waals surface area contributed by atoms with Crippen molar-refractivity contribution in [1.29, 1.82) is 0 Å². The van der Waals surface area contributed by atoms with Gasteiger partial charge in [0.25, 0.3) is 0 Å². The van der Waals surface area contributed by atoms with Gasteiger partial charge >= 0.3 is 11.9 Å². The Labute approximate surface area is 329 Å². The molecule has 4 fully saturated rings. The molecule has 300 valence electrons. The number of carbonyl (C=O) groups excluding carboxylic acids is 2. The van der Waals surface area contributed by atoms with Crippen LogP contribution in [-0.4, -0.2) is 51.7 Å². The number of hydrogen-bond donors (Lipinski definition) is 3. The first-order valence-electron chi connectivity index (χ1n) is 20.6. The van der Waals surface area contributed by atoms with Crippen molar-refractivity contribution >= 4 is 29.3 Å². The lowest BCUT2D eigenvalue weighted by Gasteiger charge is -2.72. The number of allylic oxidation sites excluding steroid dienone is 1. The summed E-state index contributed by atoms with van der Waals surface area (Å²) in [6.07, 6.45) is 8.59. The highest BCUT2D eigenvalue weighted by atomic mass is 35.5. The molecule has 5 aliphatic rings. The predicted molar refractivity (Wildman–Crippen MR) is 212 cm³/mol. The number of aliphatic hydroxyl groups excluding tert-OH is 1. The molecule has 1 aromatic heterocycles. The SMILES string of the molecule is CC(C)C1=C2[C@H]3CC[C@@H]4[C@@]5(C)CC[C@H](OC(=O)CC(C)(C)C(=O)O)C(C)(C)[C@H]5CC[C@@]4(C)[C@]3(C)CC[C@@]2([C@@H](O)CNC(C)(C)c2ccc(Cl)cn2)CC1=O. The van der Waals surface area contributed by atoms with E-state index in [1.165, 1.54) is 5.57 Å². The number of aromatic nitrogens is 1. The second kappa shape index (κ2) is 13.7.